The molecular weight excluding hydrogens is 445 g/mol. The Morgan fingerprint density at radius 1 is 1.12 bits per heavy atom. The number of guanidine groups is 1. The molecule has 2 rings (SSSR count). The second kappa shape index (κ2) is 11.3. The second-order valence-electron chi connectivity index (χ2n) is 5.84. The topological polar surface area (TPSA) is 52.6 Å². The van der Waals surface area contributed by atoms with Crippen LogP contribution in [-0.4, -0.2) is 45.2 Å². The molecule has 0 fully saturated rings. The molecule has 2 N–H and O–H groups in total. The SMILES string of the molecule is CN=C(NCCc1ccc(N(C)C)cc1)NCCc1csc(C)n1.I. The molecule has 138 valence electrons. The quantitative estimate of drug-likeness (QED) is 0.369. The summed E-state index contributed by atoms with van der Waals surface area (Å²) in [6.45, 7) is 3.73. The predicted molar refractivity (Wildman–Crippen MR) is 120 cm³/mol. The van der Waals surface area contributed by atoms with E-state index >= 15 is 0 Å². The highest BCUT2D eigenvalue weighted by molar-refractivity contribution is 14.0. The number of aryl methyl sites for hydroxylation is 1. The Bertz CT molecular complexity index is 652. The van der Waals surface area contributed by atoms with E-state index in [4.69, 9.17) is 0 Å². The van der Waals surface area contributed by atoms with E-state index in [9.17, 15) is 0 Å². The zero-order chi connectivity index (χ0) is 17.4. The van der Waals surface area contributed by atoms with Crippen molar-refractivity contribution in [2.24, 2.45) is 4.99 Å². The summed E-state index contributed by atoms with van der Waals surface area (Å²) in [5.74, 6) is 0.840. The Kier molecular flexibility index (Phi) is 9.81. The first-order valence-corrected chi connectivity index (χ1v) is 9.08. The van der Waals surface area contributed by atoms with Crippen LogP contribution in [0.2, 0.25) is 0 Å². The Morgan fingerprint density at radius 3 is 2.28 bits per heavy atom. The van der Waals surface area contributed by atoms with Gasteiger partial charge in [-0.3, -0.25) is 4.99 Å². The first-order chi connectivity index (χ1) is 11.6. The molecule has 0 amide bonds. The van der Waals surface area contributed by atoms with Crippen molar-refractivity contribution in [1.82, 2.24) is 15.6 Å². The number of nitrogens with zero attached hydrogens (tertiary/aromatic N) is 3. The summed E-state index contributed by atoms with van der Waals surface area (Å²) in [6.07, 6.45) is 1.89. The number of nitrogens with one attached hydrogen (secondary N) is 2. The molecule has 1 aromatic heterocycles. The minimum Gasteiger partial charge on any atom is -0.378 e. The summed E-state index contributed by atoms with van der Waals surface area (Å²) in [6, 6.07) is 8.66. The maximum absolute atomic E-state index is 4.47. The first kappa shape index (κ1) is 21.7. The largest absolute Gasteiger partial charge is 0.378 e. The minimum absolute atomic E-state index is 0. The average Bonchev–Trinajstić information content (AvgIpc) is 2.99. The van der Waals surface area contributed by atoms with E-state index in [0.29, 0.717) is 0 Å². The van der Waals surface area contributed by atoms with Gasteiger partial charge >= 0.3 is 0 Å². The number of hydrogen-bond donors (Lipinski definition) is 2. The van der Waals surface area contributed by atoms with Crippen LogP contribution >= 0.6 is 35.3 Å². The van der Waals surface area contributed by atoms with Crippen LogP contribution in [0.15, 0.2) is 34.6 Å². The van der Waals surface area contributed by atoms with E-state index in [1.54, 1.807) is 18.4 Å². The number of halogens is 1. The van der Waals surface area contributed by atoms with Crippen LogP contribution in [0.25, 0.3) is 0 Å². The lowest BCUT2D eigenvalue weighted by atomic mass is 10.1. The van der Waals surface area contributed by atoms with Gasteiger partial charge in [0.1, 0.15) is 0 Å². The van der Waals surface area contributed by atoms with E-state index in [0.717, 1.165) is 42.6 Å². The molecule has 1 aromatic carbocycles. The Hall–Kier alpha value is -1.35. The highest BCUT2D eigenvalue weighted by Crippen LogP contribution is 2.12. The third-order valence-corrected chi connectivity index (χ3v) is 4.54. The summed E-state index contributed by atoms with van der Waals surface area (Å²) in [5, 5.41) is 9.93. The fourth-order valence-corrected chi connectivity index (χ4v) is 2.99. The van der Waals surface area contributed by atoms with E-state index in [2.05, 4.69) is 69.3 Å². The molecule has 0 aliphatic heterocycles. The van der Waals surface area contributed by atoms with Gasteiger partial charge in [0, 0.05) is 51.7 Å². The molecular formula is C18H28IN5S. The van der Waals surface area contributed by atoms with E-state index in [-0.39, 0.29) is 24.0 Å². The fraction of sp³-hybridized carbons (Fsp3) is 0.444. The number of thiazole rings is 1. The summed E-state index contributed by atoms with van der Waals surface area (Å²) in [7, 11) is 5.91. The number of aliphatic imine (C=N–C) groups is 1. The standard InChI is InChI=1S/C18H27N5S.HI/c1-14-22-16(13-24-14)10-12-21-18(19-2)20-11-9-15-5-7-17(8-6-15)23(3)4;/h5-8,13H,9-12H2,1-4H3,(H2,19,20,21);1H. The summed E-state index contributed by atoms with van der Waals surface area (Å²) >= 11 is 1.70. The molecule has 0 aliphatic rings. The van der Waals surface area contributed by atoms with Crippen LogP contribution in [0.3, 0.4) is 0 Å². The fourth-order valence-electron chi connectivity index (χ4n) is 2.34. The second-order valence-corrected chi connectivity index (χ2v) is 6.91. The lowest BCUT2D eigenvalue weighted by Gasteiger charge is -2.13. The minimum atomic E-state index is 0. The third kappa shape index (κ3) is 7.60. The molecule has 1 heterocycles. The highest BCUT2D eigenvalue weighted by Gasteiger charge is 2.01. The van der Waals surface area contributed by atoms with Gasteiger partial charge < -0.3 is 15.5 Å². The van der Waals surface area contributed by atoms with Gasteiger partial charge in [-0.25, -0.2) is 4.98 Å². The van der Waals surface area contributed by atoms with Crippen LogP contribution < -0.4 is 15.5 Å². The summed E-state index contributed by atoms with van der Waals surface area (Å²) < 4.78 is 0. The van der Waals surface area contributed by atoms with Crippen molar-refractivity contribution >= 4 is 47.0 Å². The van der Waals surface area contributed by atoms with Gasteiger partial charge in [-0.2, -0.15) is 0 Å². The number of aromatic nitrogens is 1. The molecule has 2 aromatic rings. The monoisotopic (exact) mass is 473 g/mol. The number of benzene rings is 1. The van der Waals surface area contributed by atoms with Crippen LogP contribution in [0.5, 0.6) is 0 Å². The molecule has 0 radical (unpaired) electrons. The maximum atomic E-state index is 4.47. The molecule has 0 saturated carbocycles. The zero-order valence-corrected chi connectivity index (χ0v) is 18.5. The van der Waals surface area contributed by atoms with E-state index in [1.807, 2.05) is 6.92 Å². The molecule has 0 spiro atoms. The van der Waals surface area contributed by atoms with Gasteiger partial charge in [0.05, 0.1) is 10.7 Å². The lowest BCUT2D eigenvalue weighted by molar-refractivity contribution is 0.777. The van der Waals surface area contributed by atoms with Gasteiger partial charge in [-0.15, -0.1) is 35.3 Å². The van der Waals surface area contributed by atoms with Gasteiger partial charge in [0.2, 0.25) is 0 Å². The molecule has 25 heavy (non-hydrogen) atoms. The van der Waals surface area contributed by atoms with E-state index in [1.165, 1.54) is 11.3 Å². The maximum Gasteiger partial charge on any atom is 0.190 e. The average molecular weight is 473 g/mol. The van der Waals surface area contributed by atoms with Gasteiger partial charge in [0.25, 0.3) is 0 Å². The Morgan fingerprint density at radius 2 is 1.76 bits per heavy atom. The Labute approximate surface area is 172 Å². The highest BCUT2D eigenvalue weighted by atomic mass is 127. The molecule has 0 unspecified atom stereocenters. The molecule has 0 atom stereocenters. The number of anilines is 1. The Balaban J connectivity index is 0.00000312. The predicted octanol–water partition coefficient (Wildman–Crippen LogP) is 3.09. The van der Waals surface area contributed by atoms with Crippen molar-refractivity contribution in [2.45, 2.75) is 19.8 Å². The van der Waals surface area contributed by atoms with Gasteiger partial charge in [-0.05, 0) is 31.0 Å². The molecule has 0 bridgehead atoms. The summed E-state index contributed by atoms with van der Waals surface area (Å²) in [4.78, 5) is 10.8. The lowest BCUT2D eigenvalue weighted by Crippen LogP contribution is -2.39. The van der Waals surface area contributed by atoms with E-state index < -0.39 is 0 Å². The molecule has 7 heteroatoms. The summed E-state index contributed by atoms with van der Waals surface area (Å²) in [5.41, 5.74) is 3.68. The van der Waals surface area contributed by atoms with Crippen LogP contribution in [-0.2, 0) is 12.8 Å². The van der Waals surface area contributed by atoms with Crippen LogP contribution in [0, 0.1) is 6.92 Å². The first-order valence-electron chi connectivity index (χ1n) is 8.20. The third-order valence-electron chi connectivity index (χ3n) is 3.72. The number of rotatable bonds is 7. The van der Waals surface area contributed by atoms with Crippen molar-refractivity contribution in [3.05, 3.63) is 45.9 Å². The van der Waals surface area contributed by atoms with Crippen molar-refractivity contribution in [3.8, 4) is 0 Å². The zero-order valence-electron chi connectivity index (χ0n) is 15.4. The normalized spacial score (nSPS) is 11.0. The molecule has 0 aliphatic carbocycles. The van der Waals surface area contributed by atoms with Crippen molar-refractivity contribution in [3.63, 3.8) is 0 Å². The van der Waals surface area contributed by atoms with Crippen LogP contribution in [0.1, 0.15) is 16.3 Å². The van der Waals surface area contributed by atoms with Gasteiger partial charge in [-0.1, -0.05) is 12.1 Å². The van der Waals surface area contributed by atoms with Gasteiger partial charge in [0.15, 0.2) is 5.96 Å². The van der Waals surface area contributed by atoms with Crippen molar-refractivity contribution in [1.29, 1.82) is 0 Å². The smallest absolute Gasteiger partial charge is 0.190 e. The molecule has 5 nitrogen and oxygen atoms in total. The van der Waals surface area contributed by atoms with Crippen LogP contribution in [0.4, 0.5) is 5.69 Å². The number of hydrogen-bond acceptors (Lipinski definition) is 4. The van der Waals surface area contributed by atoms with Crippen molar-refractivity contribution in [2.75, 3.05) is 39.1 Å². The van der Waals surface area contributed by atoms with Crippen molar-refractivity contribution < 1.29 is 0 Å². The molecule has 0 saturated heterocycles.